The Hall–Kier alpha value is -2.74. The average molecular weight is 440 g/mol. The number of hydrogen-bond donors (Lipinski definition) is 2. The van der Waals surface area contributed by atoms with Crippen molar-refractivity contribution >= 4 is 11.9 Å². The van der Waals surface area contributed by atoms with Crippen molar-refractivity contribution in [2.45, 2.75) is 57.3 Å². The summed E-state index contributed by atoms with van der Waals surface area (Å²) in [5, 5.41) is 9.21. The van der Waals surface area contributed by atoms with E-state index in [1.807, 2.05) is 44.2 Å². The van der Waals surface area contributed by atoms with Crippen LogP contribution in [0, 0.1) is 11.8 Å². The number of carbonyl (C=O) groups is 2. The molecule has 2 aromatic rings. The topological polar surface area (TPSA) is 108 Å². The Morgan fingerprint density at radius 1 is 0.875 bits per heavy atom. The van der Waals surface area contributed by atoms with Gasteiger partial charge in [-0.1, -0.05) is 56.3 Å². The summed E-state index contributed by atoms with van der Waals surface area (Å²) in [5.41, 5.74) is 6.80. The third-order valence-corrected chi connectivity index (χ3v) is 6.62. The molecule has 170 valence electrons. The molecule has 4 aliphatic heterocycles. The number of ether oxygens (including phenoxy) is 3. The molecular formula is C25H29NO6. The predicted molar refractivity (Wildman–Crippen MR) is 117 cm³/mol. The number of esters is 1. The van der Waals surface area contributed by atoms with Gasteiger partial charge in [-0.3, -0.25) is 0 Å². The first-order chi connectivity index (χ1) is 15.3. The smallest absolute Gasteiger partial charge is 0.339 e. The maximum absolute atomic E-state index is 12.5. The van der Waals surface area contributed by atoms with Crippen LogP contribution in [0.25, 0.3) is 0 Å². The minimum Gasteiger partial charge on any atom is -0.478 e. The Morgan fingerprint density at radius 3 is 2.03 bits per heavy atom. The van der Waals surface area contributed by atoms with Crippen LogP contribution < -0.4 is 5.73 Å². The Balaban J connectivity index is 0.000000230. The zero-order chi connectivity index (χ0) is 23.0. The number of hydrogen-bond acceptors (Lipinski definition) is 6. The molecule has 4 aliphatic rings. The van der Waals surface area contributed by atoms with E-state index in [2.05, 4.69) is 6.92 Å². The van der Waals surface area contributed by atoms with E-state index in [9.17, 15) is 14.7 Å². The summed E-state index contributed by atoms with van der Waals surface area (Å²) in [6.45, 7) is 6.11. The molecule has 3 N–H and O–H groups in total. The molecule has 8 atom stereocenters. The minimum atomic E-state index is -1.15. The van der Waals surface area contributed by atoms with Crippen molar-refractivity contribution in [3.8, 4) is 0 Å². The maximum atomic E-state index is 12.5. The Morgan fingerprint density at radius 2 is 1.44 bits per heavy atom. The second-order valence-corrected chi connectivity index (χ2v) is 8.77. The van der Waals surface area contributed by atoms with Crippen molar-refractivity contribution in [1.82, 2.24) is 0 Å². The number of rotatable bonds is 4. The second kappa shape index (κ2) is 9.02. The van der Waals surface area contributed by atoms with Gasteiger partial charge in [0, 0.05) is 17.9 Å². The summed E-state index contributed by atoms with van der Waals surface area (Å²) in [6, 6.07) is 16.3. The third kappa shape index (κ3) is 4.03. The van der Waals surface area contributed by atoms with Crippen molar-refractivity contribution in [3.05, 3.63) is 71.3 Å². The fourth-order valence-electron chi connectivity index (χ4n) is 4.92. The lowest BCUT2D eigenvalue weighted by atomic mass is 9.87. The molecule has 6 rings (SSSR count). The first-order valence-electron chi connectivity index (χ1n) is 10.9. The van der Waals surface area contributed by atoms with Crippen molar-refractivity contribution in [2.24, 2.45) is 17.6 Å². The van der Waals surface area contributed by atoms with Crippen molar-refractivity contribution in [3.63, 3.8) is 0 Å². The molecule has 1 unspecified atom stereocenters. The number of carbonyl (C=O) groups excluding carboxylic acids is 1. The number of carboxylic acid groups (broad SMARTS) is 1. The lowest BCUT2D eigenvalue weighted by molar-refractivity contribution is -0.152. The van der Waals surface area contributed by atoms with Gasteiger partial charge >= 0.3 is 11.9 Å². The monoisotopic (exact) mass is 439 g/mol. The molecular weight excluding hydrogens is 410 g/mol. The molecule has 0 saturated carbocycles. The molecule has 7 heteroatoms. The van der Waals surface area contributed by atoms with Crippen molar-refractivity contribution < 1.29 is 28.9 Å². The fraction of sp³-hybridized carbons (Fsp3) is 0.440. The number of carboxylic acids is 1. The van der Waals surface area contributed by atoms with E-state index in [1.165, 1.54) is 17.7 Å². The van der Waals surface area contributed by atoms with Gasteiger partial charge in [0.1, 0.15) is 12.2 Å². The van der Waals surface area contributed by atoms with Crippen molar-refractivity contribution in [2.75, 3.05) is 0 Å². The van der Waals surface area contributed by atoms with Gasteiger partial charge in [0.15, 0.2) is 6.10 Å². The summed E-state index contributed by atoms with van der Waals surface area (Å²) in [6.07, 6.45) is -0.817. The van der Waals surface area contributed by atoms with E-state index < -0.39 is 18.0 Å². The van der Waals surface area contributed by atoms with Gasteiger partial charge < -0.3 is 25.1 Å². The molecule has 0 aliphatic carbocycles. The van der Waals surface area contributed by atoms with E-state index in [0.717, 1.165) is 0 Å². The molecule has 7 nitrogen and oxygen atoms in total. The first-order valence-corrected chi connectivity index (χ1v) is 10.9. The third-order valence-electron chi connectivity index (χ3n) is 6.62. The molecule has 2 aromatic carbocycles. The van der Waals surface area contributed by atoms with E-state index in [1.54, 1.807) is 12.1 Å². The summed E-state index contributed by atoms with van der Waals surface area (Å²) in [5.74, 6) is -1.37. The lowest BCUT2D eigenvalue weighted by Crippen LogP contribution is -2.49. The predicted octanol–water partition coefficient (Wildman–Crippen LogP) is 3.44. The minimum absolute atomic E-state index is 0.0475. The largest absolute Gasteiger partial charge is 0.478 e. The molecule has 0 aromatic heterocycles. The summed E-state index contributed by atoms with van der Waals surface area (Å²) in [4.78, 5) is 23.7. The molecule has 32 heavy (non-hydrogen) atoms. The van der Waals surface area contributed by atoms with Gasteiger partial charge in [-0.25, -0.2) is 9.59 Å². The highest BCUT2D eigenvalue weighted by atomic mass is 16.6. The summed E-state index contributed by atoms with van der Waals surface area (Å²) < 4.78 is 17.6. The normalized spacial score (nSPS) is 32.7. The first kappa shape index (κ1) is 22.5. The van der Waals surface area contributed by atoms with E-state index >= 15 is 0 Å². The van der Waals surface area contributed by atoms with Gasteiger partial charge in [-0.2, -0.15) is 0 Å². The Kier molecular flexibility index (Phi) is 6.33. The maximum Gasteiger partial charge on any atom is 0.339 e. The van der Waals surface area contributed by atoms with Gasteiger partial charge in [-0.05, 0) is 24.6 Å². The molecule has 4 heterocycles. The van der Waals surface area contributed by atoms with Crippen LogP contribution in [0.1, 0.15) is 53.1 Å². The highest BCUT2D eigenvalue weighted by Crippen LogP contribution is 2.50. The highest BCUT2D eigenvalue weighted by Gasteiger charge is 2.65. The Bertz CT molecular complexity index is 973. The van der Waals surface area contributed by atoms with Gasteiger partial charge in [0.25, 0.3) is 0 Å². The summed E-state index contributed by atoms with van der Waals surface area (Å²) in [7, 11) is 0. The van der Waals surface area contributed by atoms with Crippen LogP contribution in [-0.4, -0.2) is 47.6 Å². The van der Waals surface area contributed by atoms with Gasteiger partial charge in [-0.15, -0.1) is 0 Å². The summed E-state index contributed by atoms with van der Waals surface area (Å²) >= 11 is 0. The van der Waals surface area contributed by atoms with Crippen LogP contribution in [0.5, 0.6) is 0 Å². The van der Waals surface area contributed by atoms with Gasteiger partial charge in [0.05, 0.1) is 23.3 Å². The van der Waals surface area contributed by atoms with Crippen LogP contribution in [0.2, 0.25) is 0 Å². The SMILES string of the molecule is CC(N)c1ccccc1.C[C@@H]1[C@@H]2O[C@@H]3[C@@H](OC(=O)c4ccccc4C(=O)O)[C@H]1O[C@@H]3[C@H]2C. The quantitative estimate of drug-likeness (QED) is 0.703. The van der Waals surface area contributed by atoms with Crippen LogP contribution in [0.3, 0.4) is 0 Å². The second-order valence-electron chi connectivity index (χ2n) is 8.77. The molecule has 4 saturated heterocycles. The average Bonchev–Trinajstić information content (AvgIpc) is 3.23. The fourth-order valence-corrected chi connectivity index (χ4v) is 4.92. The standard InChI is InChI=1S/C17H18O6.C8H11N/c1-7-11-8(2)13-15(14(21-11)12(7)22-13)23-17(20)10-6-4-3-5-9(10)16(18)19;1-7(9)8-5-3-2-4-6-8/h3-8,11-15H,1-2H3,(H,18,19);2-7H,9H2,1H3/t7-,8+,11+,12+,13-,14-,15-;/m0./s1. The Labute approximate surface area is 187 Å². The molecule has 4 fully saturated rings. The van der Waals surface area contributed by atoms with Crippen molar-refractivity contribution in [1.29, 1.82) is 0 Å². The van der Waals surface area contributed by atoms with Gasteiger partial charge in [0.2, 0.25) is 0 Å². The van der Waals surface area contributed by atoms with Crippen LogP contribution in [0.15, 0.2) is 54.6 Å². The molecule has 0 radical (unpaired) electrons. The number of benzene rings is 2. The van der Waals surface area contributed by atoms with Crippen LogP contribution in [-0.2, 0) is 14.2 Å². The van der Waals surface area contributed by atoms with Crippen LogP contribution in [0.4, 0.5) is 0 Å². The zero-order valence-electron chi connectivity index (χ0n) is 18.4. The molecule has 0 amide bonds. The lowest BCUT2D eigenvalue weighted by Gasteiger charge is -2.38. The zero-order valence-corrected chi connectivity index (χ0v) is 18.4. The van der Waals surface area contributed by atoms with Crippen LogP contribution >= 0.6 is 0 Å². The molecule has 4 bridgehead atoms. The number of aromatic carboxylic acids is 1. The highest BCUT2D eigenvalue weighted by molar-refractivity contribution is 6.02. The molecule has 0 spiro atoms. The van der Waals surface area contributed by atoms with E-state index in [-0.39, 0.29) is 53.4 Å². The number of nitrogens with two attached hydrogens (primary N) is 1. The van der Waals surface area contributed by atoms with E-state index in [4.69, 9.17) is 19.9 Å². The van der Waals surface area contributed by atoms with E-state index in [0.29, 0.717) is 0 Å².